The van der Waals surface area contributed by atoms with E-state index in [0.29, 0.717) is 59.7 Å². The van der Waals surface area contributed by atoms with E-state index in [1.54, 1.807) is 49.8 Å². The Balaban J connectivity index is 1.55. The van der Waals surface area contributed by atoms with Gasteiger partial charge in [0.05, 0.1) is 50.8 Å². The number of halogens is 1. The molecule has 0 unspecified atom stereocenters. The van der Waals surface area contributed by atoms with Crippen LogP contribution in [-0.4, -0.2) is 91.3 Å². The molecule has 1 aromatic carbocycles. The number of hydrogen-bond donors (Lipinski definition) is 4. The van der Waals surface area contributed by atoms with Gasteiger partial charge in [-0.05, 0) is 42.7 Å². The molecule has 2 aromatic heterocycles. The van der Waals surface area contributed by atoms with Gasteiger partial charge in [0.2, 0.25) is 5.95 Å². The number of nitrogens with one attached hydrogen (secondary N) is 3. The standard InChI is InChI=1S/C29H38ClN5O7/c1-4-23(17-42-26(37)18-41-11-10-40-9-8-39-3)33-29-32-14-19(2)27(35-29)21-13-24(31-15-21)28(38)34-25(16-36)20-6-5-7-22(30)12-20/h5-7,12-15,23,25,31,36H,4,8-11,16-18H2,1-3H3,(H,34,38)(H,32,33,35)/t23-,25-/m1/s1. The first kappa shape index (κ1) is 33.0. The van der Waals surface area contributed by atoms with Crippen LogP contribution in [0.15, 0.2) is 42.7 Å². The van der Waals surface area contributed by atoms with Gasteiger partial charge in [0.1, 0.15) is 18.9 Å². The molecule has 0 fully saturated rings. The van der Waals surface area contributed by atoms with Crippen molar-refractivity contribution in [1.82, 2.24) is 20.3 Å². The van der Waals surface area contributed by atoms with E-state index >= 15 is 0 Å². The number of anilines is 1. The number of aliphatic hydroxyl groups excluding tert-OH is 1. The number of aromatic amines is 1. The second kappa shape index (κ2) is 17.4. The summed E-state index contributed by atoms with van der Waals surface area (Å²) in [6.07, 6.45) is 4.02. The van der Waals surface area contributed by atoms with Gasteiger partial charge in [0.15, 0.2) is 0 Å². The second-order valence-corrected chi connectivity index (χ2v) is 9.82. The fraction of sp³-hybridized carbons (Fsp3) is 0.448. The van der Waals surface area contributed by atoms with Gasteiger partial charge in [-0.2, -0.15) is 0 Å². The summed E-state index contributed by atoms with van der Waals surface area (Å²) in [6.45, 7) is 5.09. The maximum absolute atomic E-state index is 12.9. The molecule has 3 rings (SSSR count). The number of aryl methyl sites for hydroxylation is 1. The molecular formula is C29H38ClN5O7. The van der Waals surface area contributed by atoms with E-state index < -0.39 is 12.0 Å². The van der Waals surface area contributed by atoms with Crippen molar-refractivity contribution < 1.29 is 33.6 Å². The zero-order chi connectivity index (χ0) is 30.3. The van der Waals surface area contributed by atoms with Crippen molar-refractivity contribution in [1.29, 1.82) is 0 Å². The van der Waals surface area contributed by atoms with E-state index in [2.05, 4.69) is 25.6 Å². The van der Waals surface area contributed by atoms with Crippen LogP contribution in [0.3, 0.4) is 0 Å². The van der Waals surface area contributed by atoms with Crippen LogP contribution in [0.4, 0.5) is 5.95 Å². The topological polar surface area (TPSA) is 157 Å². The predicted octanol–water partition coefficient (Wildman–Crippen LogP) is 3.31. The Kier molecular flexibility index (Phi) is 13.7. The average molecular weight is 604 g/mol. The number of aromatic nitrogens is 3. The highest BCUT2D eigenvalue weighted by Crippen LogP contribution is 2.24. The number of nitrogens with zero attached hydrogens (tertiary/aromatic N) is 2. The van der Waals surface area contributed by atoms with E-state index in [9.17, 15) is 14.7 Å². The number of amides is 1. The zero-order valence-corrected chi connectivity index (χ0v) is 24.8. The maximum atomic E-state index is 12.9. The van der Waals surface area contributed by atoms with Gasteiger partial charge in [0, 0.05) is 30.1 Å². The summed E-state index contributed by atoms with van der Waals surface area (Å²) in [5.74, 6) is -0.508. The number of esters is 1. The lowest BCUT2D eigenvalue weighted by atomic mass is 10.1. The molecule has 0 aliphatic rings. The third-order valence-corrected chi connectivity index (χ3v) is 6.44. The molecule has 2 atom stereocenters. The van der Waals surface area contributed by atoms with Crippen LogP contribution in [0, 0.1) is 6.92 Å². The number of rotatable bonds is 18. The van der Waals surface area contributed by atoms with E-state index in [1.807, 2.05) is 13.8 Å². The summed E-state index contributed by atoms with van der Waals surface area (Å²) in [7, 11) is 1.60. The summed E-state index contributed by atoms with van der Waals surface area (Å²) in [5.41, 5.74) is 3.12. The van der Waals surface area contributed by atoms with E-state index in [0.717, 1.165) is 5.56 Å². The molecule has 12 nitrogen and oxygen atoms in total. The average Bonchev–Trinajstić information content (AvgIpc) is 3.48. The largest absolute Gasteiger partial charge is 0.462 e. The number of ether oxygens (including phenoxy) is 4. The molecule has 0 aliphatic carbocycles. The van der Waals surface area contributed by atoms with E-state index in [-0.39, 0.29) is 38.4 Å². The van der Waals surface area contributed by atoms with Crippen LogP contribution < -0.4 is 10.6 Å². The molecule has 0 saturated heterocycles. The summed E-state index contributed by atoms with van der Waals surface area (Å²) in [4.78, 5) is 37.0. The summed E-state index contributed by atoms with van der Waals surface area (Å²) < 4.78 is 20.8. The number of hydrogen-bond acceptors (Lipinski definition) is 10. The van der Waals surface area contributed by atoms with Crippen molar-refractivity contribution in [3.8, 4) is 11.3 Å². The van der Waals surface area contributed by atoms with E-state index in [1.165, 1.54) is 0 Å². The predicted molar refractivity (Wildman–Crippen MR) is 157 cm³/mol. The van der Waals surface area contributed by atoms with Crippen molar-refractivity contribution in [2.24, 2.45) is 0 Å². The highest BCUT2D eigenvalue weighted by molar-refractivity contribution is 6.30. The van der Waals surface area contributed by atoms with Crippen LogP contribution in [0.2, 0.25) is 5.02 Å². The van der Waals surface area contributed by atoms with E-state index in [4.69, 9.17) is 30.5 Å². The highest BCUT2D eigenvalue weighted by Gasteiger charge is 2.19. The van der Waals surface area contributed by atoms with Crippen LogP contribution >= 0.6 is 11.6 Å². The first-order chi connectivity index (χ1) is 20.3. The van der Waals surface area contributed by atoms with Crippen molar-refractivity contribution >= 4 is 29.4 Å². The Bertz CT molecular complexity index is 1290. The Labute approximate surface area is 250 Å². The molecule has 0 aliphatic heterocycles. The molecular weight excluding hydrogens is 566 g/mol. The summed E-state index contributed by atoms with van der Waals surface area (Å²) in [5, 5.41) is 16.4. The molecule has 1 amide bonds. The van der Waals surface area contributed by atoms with Gasteiger partial charge < -0.3 is 39.7 Å². The quantitative estimate of drug-likeness (QED) is 0.126. The lowest BCUT2D eigenvalue weighted by Crippen LogP contribution is -2.31. The molecule has 2 heterocycles. The van der Waals surface area contributed by atoms with Crippen molar-refractivity contribution in [3.05, 3.63) is 64.6 Å². The highest BCUT2D eigenvalue weighted by atomic mass is 35.5. The smallest absolute Gasteiger partial charge is 0.332 e. The van der Waals surface area contributed by atoms with Crippen molar-refractivity contribution in [2.75, 3.05) is 58.7 Å². The third-order valence-electron chi connectivity index (χ3n) is 6.21. The zero-order valence-electron chi connectivity index (χ0n) is 24.0. The van der Waals surface area contributed by atoms with Gasteiger partial charge in [0.25, 0.3) is 5.91 Å². The molecule has 0 bridgehead atoms. The molecule has 13 heteroatoms. The molecule has 0 spiro atoms. The van der Waals surface area contributed by atoms with Gasteiger partial charge in [-0.25, -0.2) is 14.8 Å². The number of carbonyl (C=O) groups is 2. The van der Waals surface area contributed by atoms with Crippen LogP contribution in [-0.2, 0) is 23.7 Å². The summed E-state index contributed by atoms with van der Waals surface area (Å²) in [6, 6.07) is 7.80. The minimum atomic E-state index is -0.619. The first-order valence-corrected chi connectivity index (χ1v) is 14.0. The maximum Gasteiger partial charge on any atom is 0.332 e. The molecule has 4 N–H and O–H groups in total. The Morgan fingerprint density at radius 1 is 1.14 bits per heavy atom. The number of methoxy groups -OCH3 is 1. The lowest BCUT2D eigenvalue weighted by molar-refractivity contribution is -0.149. The molecule has 0 radical (unpaired) electrons. The fourth-order valence-corrected chi connectivity index (χ4v) is 4.06. The Morgan fingerprint density at radius 2 is 1.93 bits per heavy atom. The van der Waals surface area contributed by atoms with Crippen molar-refractivity contribution in [2.45, 2.75) is 32.4 Å². The molecule has 3 aromatic rings. The molecule has 0 saturated carbocycles. The fourth-order valence-electron chi connectivity index (χ4n) is 3.86. The van der Waals surface area contributed by atoms with Crippen LogP contribution in [0.5, 0.6) is 0 Å². The molecule has 42 heavy (non-hydrogen) atoms. The first-order valence-electron chi connectivity index (χ1n) is 13.6. The Hall–Kier alpha value is -3.55. The molecule has 228 valence electrons. The van der Waals surface area contributed by atoms with Crippen LogP contribution in [0.25, 0.3) is 11.3 Å². The van der Waals surface area contributed by atoms with Gasteiger partial charge in [-0.3, -0.25) is 4.79 Å². The Morgan fingerprint density at radius 3 is 2.67 bits per heavy atom. The number of aliphatic hydroxyl groups is 1. The number of carbonyl (C=O) groups excluding carboxylic acids is 2. The lowest BCUT2D eigenvalue weighted by Gasteiger charge is -2.17. The van der Waals surface area contributed by atoms with Gasteiger partial charge in [-0.15, -0.1) is 0 Å². The normalized spacial score (nSPS) is 12.5. The van der Waals surface area contributed by atoms with Gasteiger partial charge >= 0.3 is 5.97 Å². The second-order valence-electron chi connectivity index (χ2n) is 9.38. The van der Waals surface area contributed by atoms with Gasteiger partial charge in [-0.1, -0.05) is 30.7 Å². The van der Waals surface area contributed by atoms with Crippen molar-refractivity contribution in [3.63, 3.8) is 0 Å². The van der Waals surface area contributed by atoms with Crippen LogP contribution in [0.1, 0.15) is 41.0 Å². The third kappa shape index (κ3) is 10.4. The minimum absolute atomic E-state index is 0.114. The minimum Gasteiger partial charge on any atom is -0.462 e. The SMILES string of the molecule is CC[C@H](COC(=O)COCCOCCOC)Nc1ncc(C)c(-c2c[nH]c(C(=O)N[C@H](CO)c3cccc(Cl)c3)c2)n1. The summed E-state index contributed by atoms with van der Waals surface area (Å²) >= 11 is 6.06. The number of H-pyrrole nitrogens is 1. The number of benzene rings is 1. The monoisotopic (exact) mass is 603 g/mol.